The monoisotopic (exact) mass is 289 g/mol. The smallest absolute Gasteiger partial charge is 0.404 e. The molecule has 0 aromatic heterocycles. The van der Waals surface area contributed by atoms with E-state index >= 15 is 0 Å². The Labute approximate surface area is 111 Å². The summed E-state index contributed by atoms with van der Waals surface area (Å²) in [5.74, 6) is -4.08. The standard InChI is InChI=1S/C12H10F3NO4/c13-7-3-9(15)8(14)2-6(7)11-10(16-12(18)19)1-5(17)4-20-11/h2-3,10-11,16H,1,4H2,(H,18,19)/t10-,11+/m0/s1. The number of rotatable bonds is 2. The molecule has 0 unspecified atom stereocenters. The lowest BCUT2D eigenvalue weighted by Gasteiger charge is -2.31. The van der Waals surface area contributed by atoms with Crippen molar-refractivity contribution < 1.29 is 32.6 Å². The zero-order chi connectivity index (χ0) is 14.9. The number of carbonyl (C=O) groups excluding carboxylic acids is 1. The predicted octanol–water partition coefficient (Wildman–Crippen LogP) is 1.77. The number of carbonyl (C=O) groups is 2. The molecule has 0 aliphatic carbocycles. The molecule has 1 amide bonds. The van der Waals surface area contributed by atoms with Crippen LogP contribution in [-0.4, -0.2) is 29.6 Å². The van der Waals surface area contributed by atoms with Crippen molar-refractivity contribution in [3.63, 3.8) is 0 Å². The topological polar surface area (TPSA) is 75.6 Å². The number of ether oxygens (including phenoxy) is 1. The minimum Gasteiger partial charge on any atom is -0.465 e. The van der Waals surface area contributed by atoms with Crippen LogP contribution in [0, 0.1) is 17.5 Å². The van der Waals surface area contributed by atoms with Crippen molar-refractivity contribution in [2.24, 2.45) is 0 Å². The van der Waals surface area contributed by atoms with Crippen LogP contribution >= 0.6 is 0 Å². The van der Waals surface area contributed by atoms with Crippen LogP contribution in [0.1, 0.15) is 18.1 Å². The summed E-state index contributed by atoms with van der Waals surface area (Å²) in [7, 11) is 0. The van der Waals surface area contributed by atoms with E-state index in [9.17, 15) is 22.8 Å². The Morgan fingerprint density at radius 1 is 1.25 bits per heavy atom. The highest BCUT2D eigenvalue weighted by Crippen LogP contribution is 2.30. The van der Waals surface area contributed by atoms with Gasteiger partial charge in [-0.05, 0) is 6.07 Å². The van der Waals surface area contributed by atoms with E-state index in [4.69, 9.17) is 9.84 Å². The molecule has 2 atom stereocenters. The summed E-state index contributed by atoms with van der Waals surface area (Å²) in [5, 5.41) is 10.7. The van der Waals surface area contributed by atoms with E-state index in [-0.39, 0.29) is 24.4 Å². The average molecular weight is 289 g/mol. The number of Topliss-reactive ketones (excluding diaryl/α,β-unsaturated/α-hetero) is 1. The van der Waals surface area contributed by atoms with Crippen LogP contribution in [0.3, 0.4) is 0 Å². The Hall–Kier alpha value is -2.09. The molecule has 8 heteroatoms. The van der Waals surface area contributed by atoms with Gasteiger partial charge in [-0.3, -0.25) is 4.79 Å². The van der Waals surface area contributed by atoms with Gasteiger partial charge in [0.25, 0.3) is 0 Å². The number of hydrogen-bond acceptors (Lipinski definition) is 3. The molecule has 1 aliphatic rings. The molecule has 0 radical (unpaired) electrons. The molecule has 1 aromatic carbocycles. The normalized spacial score (nSPS) is 22.6. The highest BCUT2D eigenvalue weighted by Gasteiger charge is 2.34. The summed E-state index contributed by atoms with van der Waals surface area (Å²) in [6.45, 7) is -0.346. The van der Waals surface area contributed by atoms with Gasteiger partial charge in [-0.15, -0.1) is 0 Å². The zero-order valence-corrected chi connectivity index (χ0v) is 10.0. The molecule has 1 fully saturated rings. The fourth-order valence-electron chi connectivity index (χ4n) is 2.06. The van der Waals surface area contributed by atoms with Gasteiger partial charge in [-0.2, -0.15) is 0 Å². The van der Waals surface area contributed by atoms with Gasteiger partial charge < -0.3 is 15.2 Å². The number of nitrogens with one attached hydrogen (secondary N) is 1. The molecule has 20 heavy (non-hydrogen) atoms. The van der Waals surface area contributed by atoms with Crippen molar-refractivity contribution >= 4 is 11.9 Å². The van der Waals surface area contributed by atoms with E-state index in [0.29, 0.717) is 12.1 Å². The van der Waals surface area contributed by atoms with Crippen LogP contribution in [0.2, 0.25) is 0 Å². The van der Waals surface area contributed by atoms with E-state index in [2.05, 4.69) is 0 Å². The molecule has 1 aliphatic heterocycles. The largest absolute Gasteiger partial charge is 0.465 e. The molecule has 5 nitrogen and oxygen atoms in total. The Kier molecular flexibility index (Phi) is 3.93. The van der Waals surface area contributed by atoms with Crippen LogP contribution in [-0.2, 0) is 9.53 Å². The van der Waals surface area contributed by atoms with Gasteiger partial charge in [0.05, 0.1) is 6.04 Å². The Morgan fingerprint density at radius 2 is 1.90 bits per heavy atom. The SMILES string of the molecule is O=C1CO[C@H](c2cc(F)c(F)cc2F)[C@@H](NC(=O)O)C1. The first-order chi connectivity index (χ1) is 9.38. The highest BCUT2D eigenvalue weighted by atomic mass is 19.2. The maximum absolute atomic E-state index is 13.7. The fourth-order valence-corrected chi connectivity index (χ4v) is 2.06. The van der Waals surface area contributed by atoms with Gasteiger partial charge in [0, 0.05) is 18.1 Å². The van der Waals surface area contributed by atoms with Crippen LogP contribution in [0.4, 0.5) is 18.0 Å². The molecular weight excluding hydrogens is 279 g/mol. The van der Waals surface area contributed by atoms with Crippen molar-refractivity contribution in [1.29, 1.82) is 0 Å². The first-order valence-corrected chi connectivity index (χ1v) is 5.65. The van der Waals surface area contributed by atoms with Gasteiger partial charge >= 0.3 is 6.09 Å². The van der Waals surface area contributed by atoms with Gasteiger partial charge in [0.15, 0.2) is 17.4 Å². The Bertz CT molecular complexity index is 562. The summed E-state index contributed by atoms with van der Waals surface area (Å²) in [5.41, 5.74) is -0.338. The van der Waals surface area contributed by atoms with Crippen molar-refractivity contribution in [1.82, 2.24) is 5.32 Å². The Morgan fingerprint density at radius 3 is 2.55 bits per heavy atom. The van der Waals surface area contributed by atoms with Gasteiger partial charge in [0.1, 0.15) is 18.5 Å². The fraction of sp³-hybridized carbons (Fsp3) is 0.333. The molecule has 1 heterocycles. The highest BCUT2D eigenvalue weighted by molar-refractivity contribution is 5.81. The lowest BCUT2D eigenvalue weighted by Crippen LogP contribution is -2.45. The summed E-state index contributed by atoms with van der Waals surface area (Å²) in [6, 6.07) is -0.114. The predicted molar refractivity (Wildman–Crippen MR) is 59.6 cm³/mol. The molecule has 0 bridgehead atoms. The minimum absolute atomic E-state index is 0.213. The summed E-state index contributed by atoms with van der Waals surface area (Å²) in [4.78, 5) is 21.9. The van der Waals surface area contributed by atoms with Gasteiger partial charge in [-0.25, -0.2) is 18.0 Å². The average Bonchev–Trinajstić information content (AvgIpc) is 2.34. The molecule has 108 valence electrons. The maximum Gasteiger partial charge on any atom is 0.404 e. The van der Waals surface area contributed by atoms with Crippen molar-refractivity contribution in [2.75, 3.05) is 6.61 Å². The van der Waals surface area contributed by atoms with Gasteiger partial charge in [-0.1, -0.05) is 0 Å². The van der Waals surface area contributed by atoms with E-state index in [1.165, 1.54) is 0 Å². The maximum atomic E-state index is 13.7. The number of amides is 1. The van der Waals surface area contributed by atoms with Crippen molar-refractivity contribution in [3.05, 3.63) is 35.1 Å². The van der Waals surface area contributed by atoms with Crippen molar-refractivity contribution in [3.8, 4) is 0 Å². The van der Waals surface area contributed by atoms with E-state index in [1.807, 2.05) is 5.32 Å². The van der Waals surface area contributed by atoms with Crippen LogP contribution in [0.5, 0.6) is 0 Å². The van der Waals surface area contributed by atoms with E-state index < -0.39 is 35.7 Å². The zero-order valence-electron chi connectivity index (χ0n) is 10.0. The second-order valence-electron chi connectivity index (χ2n) is 4.32. The molecule has 1 saturated heterocycles. The number of benzene rings is 1. The summed E-state index contributed by atoms with van der Waals surface area (Å²) >= 11 is 0. The number of hydrogen-bond donors (Lipinski definition) is 2. The second kappa shape index (κ2) is 5.49. The first kappa shape index (κ1) is 14.3. The minimum atomic E-state index is -1.43. The molecule has 2 rings (SSSR count). The molecule has 0 saturated carbocycles. The third-order valence-electron chi connectivity index (χ3n) is 2.89. The van der Waals surface area contributed by atoms with E-state index in [0.717, 1.165) is 0 Å². The lowest BCUT2D eigenvalue weighted by atomic mass is 9.95. The molecular formula is C12H10F3NO4. The third-order valence-corrected chi connectivity index (χ3v) is 2.89. The van der Waals surface area contributed by atoms with Crippen molar-refractivity contribution in [2.45, 2.75) is 18.6 Å². The van der Waals surface area contributed by atoms with E-state index in [1.54, 1.807) is 0 Å². The Balaban J connectivity index is 2.35. The summed E-state index contributed by atoms with van der Waals surface area (Å²) < 4.78 is 44.8. The quantitative estimate of drug-likeness (QED) is 0.814. The van der Waals surface area contributed by atoms with Crippen LogP contribution in [0.25, 0.3) is 0 Å². The lowest BCUT2D eigenvalue weighted by molar-refractivity contribution is -0.133. The van der Waals surface area contributed by atoms with Gasteiger partial charge in [0.2, 0.25) is 0 Å². The van der Waals surface area contributed by atoms with Crippen LogP contribution in [0.15, 0.2) is 12.1 Å². The molecule has 0 spiro atoms. The summed E-state index contributed by atoms with van der Waals surface area (Å²) in [6.07, 6.45) is -2.84. The second-order valence-corrected chi connectivity index (χ2v) is 4.32. The number of ketones is 1. The number of halogens is 3. The third kappa shape index (κ3) is 2.90. The van der Waals surface area contributed by atoms with Crippen LogP contribution < -0.4 is 5.32 Å². The molecule has 2 N–H and O–H groups in total. The number of carboxylic acid groups (broad SMARTS) is 1. The molecule has 1 aromatic rings. The first-order valence-electron chi connectivity index (χ1n) is 5.65.